The van der Waals surface area contributed by atoms with Gasteiger partial charge in [0, 0.05) is 15.5 Å². The molecule has 1 heterocycles. The number of hydrogen-bond donors (Lipinski definition) is 1. The second-order valence-electron chi connectivity index (χ2n) is 2.70. The SMILES string of the molecule is Nc1cc2ccc(Cl)nc2cc1Br. The van der Waals surface area contributed by atoms with Crippen LogP contribution in [0.4, 0.5) is 5.69 Å². The average Bonchev–Trinajstić information content (AvgIpc) is 2.08. The molecule has 2 N–H and O–H groups in total. The molecule has 0 aliphatic carbocycles. The van der Waals surface area contributed by atoms with Crippen molar-refractivity contribution in [2.45, 2.75) is 0 Å². The van der Waals surface area contributed by atoms with Crippen LogP contribution in [0.2, 0.25) is 5.15 Å². The Morgan fingerprint density at radius 1 is 1.31 bits per heavy atom. The highest BCUT2D eigenvalue weighted by molar-refractivity contribution is 9.10. The van der Waals surface area contributed by atoms with Crippen molar-refractivity contribution in [3.63, 3.8) is 0 Å². The first kappa shape index (κ1) is 8.78. The molecule has 0 radical (unpaired) electrons. The highest BCUT2D eigenvalue weighted by Gasteiger charge is 2.00. The van der Waals surface area contributed by atoms with E-state index in [9.17, 15) is 0 Å². The quantitative estimate of drug-likeness (QED) is 0.581. The molecule has 2 nitrogen and oxygen atoms in total. The Kier molecular flexibility index (Phi) is 2.14. The van der Waals surface area contributed by atoms with Gasteiger partial charge in [-0.05, 0) is 40.2 Å². The molecule has 13 heavy (non-hydrogen) atoms. The van der Waals surface area contributed by atoms with Gasteiger partial charge < -0.3 is 5.73 Å². The number of hydrogen-bond acceptors (Lipinski definition) is 2. The van der Waals surface area contributed by atoms with Gasteiger partial charge in [-0.25, -0.2) is 4.98 Å². The van der Waals surface area contributed by atoms with Crippen molar-refractivity contribution in [3.05, 3.63) is 33.9 Å². The van der Waals surface area contributed by atoms with E-state index in [0.29, 0.717) is 10.8 Å². The Balaban J connectivity index is 2.81. The molecular formula is C9H6BrClN2. The minimum atomic E-state index is 0.490. The summed E-state index contributed by atoms with van der Waals surface area (Å²) < 4.78 is 0.842. The van der Waals surface area contributed by atoms with Crippen molar-refractivity contribution < 1.29 is 0 Å². The average molecular weight is 258 g/mol. The van der Waals surface area contributed by atoms with Crippen LogP contribution < -0.4 is 5.73 Å². The van der Waals surface area contributed by atoms with Gasteiger partial charge in [-0.15, -0.1) is 0 Å². The van der Waals surface area contributed by atoms with Gasteiger partial charge in [0.1, 0.15) is 5.15 Å². The van der Waals surface area contributed by atoms with Gasteiger partial charge in [0.15, 0.2) is 0 Å². The Bertz CT molecular complexity index is 470. The molecule has 0 fully saturated rings. The van der Waals surface area contributed by atoms with E-state index < -0.39 is 0 Å². The number of nitrogens with zero attached hydrogens (tertiary/aromatic N) is 1. The fourth-order valence-electron chi connectivity index (χ4n) is 1.14. The molecule has 1 aromatic heterocycles. The van der Waals surface area contributed by atoms with Gasteiger partial charge in [-0.3, -0.25) is 0 Å². The fourth-order valence-corrected chi connectivity index (χ4v) is 1.62. The standard InChI is InChI=1S/C9H6BrClN2/c10-6-4-8-5(3-7(6)12)1-2-9(11)13-8/h1-4H,12H2. The van der Waals surface area contributed by atoms with Crippen molar-refractivity contribution in [3.8, 4) is 0 Å². The number of benzene rings is 1. The van der Waals surface area contributed by atoms with E-state index in [4.69, 9.17) is 17.3 Å². The topological polar surface area (TPSA) is 38.9 Å². The molecule has 4 heteroatoms. The highest BCUT2D eigenvalue weighted by atomic mass is 79.9. The van der Waals surface area contributed by atoms with Gasteiger partial charge in [0.2, 0.25) is 0 Å². The summed E-state index contributed by atoms with van der Waals surface area (Å²) in [6, 6.07) is 7.37. The molecule has 66 valence electrons. The number of nitrogens with two attached hydrogens (primary N) is 1. The molecule has 0 aliphatic heterocycles. The zero-order chi connectivity index (χ0) is 9.42. The number of anilines is 1. The maximum atomic E-state index is 5.75. The first-order chi connectivity index (χ1) is 6.16. The summed E-state index contributed by atoms with van der Waals surface area (Å²) in [6.45, 7) is 0. The van der Waals surface area contributed by atoms with E-state index in [-0.39, 0.29) is 0 Å². The van der Waals surface area contributed by atoms with Crippen LogP contribution in [-0.4, -0.2) is 4.98 Å². The first-order valence-electron chi connectivity index (χ1n) is 3.68. The maximum absolute atomic E-state index is 5.75. The number of aromatic nitrogens is 1. The predicted octanol–water partition coefficient (Wildman–Crippen LogP) is 3.23. The molecule has 0 aliphatic rings. The van der Waals surface area contributed by atoms with Crippen molar-refractivity contribution in [1.29, 1.82) is 0 Å². The van der Waals surface area contributed by atoms with E-state index in [0.717, 1.165) is 15.4 Å². The van der Waals surface area contributed by atoms with Crippen LogP contribution in [0.25, 0.3) is 10.9 Å². The van der Waals surface area contributed by atoms with Crippen LogP contribution in [0, 0.1) is 0 Å². The Labute approximate surface area is 88.8 Å². The molecule has 0 saturated carbocycles. The van der Waals surface area contributed by atoms with Crippen LogP contribution >= 0.6 is 27.5 Å². The predicted molar refractivity (Wildman–Crippen MR) is 58.9 cm³/mol. The van der Waals surface area contributed by atoms with E-state index >= 15 is 0 Å². The van der Waals surface area contributed by atoms with E-state index in [1.807, 2.05) is 18.2 Å². The van der Waals surface area contributed by atoms with Crippen LogP contribution in [0.5, 0.6) is 0 Å². The van der Waals surface area contributed by atoms with Gasteiger partial charge in [-0.1, -0.05) is 11.6 Å². The summed E-state index contributed by atoms with van der Waals surface area (Å²) in [4.78, 5) is 4.16. The lowest BCUT2D eigenvalue weighted by atomic mass is 10.2. The second kappa shape index (κ2) is 3.16. The lowest BCUT2D eigenvalue weighted by Gasteiger charge is -2.01. The third kappa shape index (κ3) is 1.62. The smallest absolute Gasteiger partial charge is 0.129 e. The minimum absolute atomic E-state index is 0.490. The molecular weight excluding hydrogens is 251 g/mol. The van der Waals surface area contributed by atoms with Gasteiger partial charge in [0.05, 0.1) is 5.52 Å². The molecule has 0 spiro atoms. The van der Waals surface area contributed by atoms with Crippen molar-refractivity contribution in [2.24, 2.45) is 0 Å². The number of rotatable bonds is 0. The largest absolute Gasteiger partial charge is 0.398 e. The molecule has 2 aromatic rings. The molecule has 0 saturated heterocycles. The van der Waals surface area contributed by atoms with Crippen molar-refractivity contribution in [1.82, 2.24) is 4.98 Å². The van der Waals surface area contributed by atoms with Crippen molar-refractivity contribution >= 4 is 44.1 Å². The van der Waals surface area contributed by atoms with Gasteiger partial charge in [0.25, 0.3) is 0 Å². The summed E-state index contributed by atoms with van der Waals surface area (Å²) >= 11 is 9.09. The molecule has 0 unspecified atom stereocenters. The normalized spacial score (nSPS) is 10.6. The number of nitrogen functional groups attached to an aromatic ring is 1. The van der Waals surface area contributed by atoms with Gasteiger partial charge in [-0.2, -0.15) is 0 Å². The van der Waals surface area contributed by atoms with Crippen LogP contribution in [0.1, 0.15) is 0 Å². The van der Waals surface area contributed by atoms with E-state index in [1.54, 1.807) is 6.07 Å². The zero-order valence-electron chi connectivity index (χ0n) is 6.59. The molecule has 0 bridgehead atoms. The molecule has 0 atom stereocenters. The third-order valence-electron chi connectivity index (χ3n) is 1.77. The summed E-state index contributed by atoms with van der Waals surface area (Å²) in [7, 11) is 0. The third-order valence-corrected chi connectivity index (χ3v) is 2.67. The van der Waals surface area contributed by atoms with E-state index in [2.05, 4.69) is 20.9 Å². The van der Waals surface area contributed by atoms with Crippen LogP contribution in [-0.2, 0) is 0 Å². The van der Waals surface area contributed by atoms with Gasteiger partial charge >= 0.3 is 0 Å². The minimum Gasteiger partial charge on any atom is -0.398 e. The Morgan fingerprint density at radius 2 is 2.08 bits per heavy atom. The molecule has 0 amide bonds. The summed E-state index contributed by atoms with van der Waals surface area (Å²) in [5, 5.41) is 1.48. The number of fused-ring (bicyclic) bond motifs is 1. The fraction of sp³-hybridized carbons (Fsp3) is 0. The number of halogens is 2. The monoisotopic (exact) mass is 256 g/mol. The Morgan fingerprint density at radius 3 is 2.85 bits per heavy atom. The Hall–Kier alpha value is -0.800. The zero-order valence-corrected chi connectivity index (χ0v) is 8.93. The highest BCUT2D eigenvalue weighted by Crippen LogP contribution is 2.25. The molecule has 1 aromatic carbocycles. The summed E-state index contributed by atoms with van der Waals surface area (Å²) in [5.41, 5.74) is 7.26. The first-order valence-corrected chi connectivity index (χ1v) is 4.85. The lowest BCUT2D eigenvalue weighted by molar-refractivity contribution is 1.41. The lowest BCUT2D eigenvalue weighted by Crippen LogP contribution is -1.88. The van der Waals surface area contributed by atoms with Crippen molar-refractivity contribution in [2.75, 3.05) is 5.73 Å². The maximum Gasteiger partial charge on any atom is 0.129 e. The van der Waals surface area contributed by atoms with E-state index in [1.165, 1.54) is 0 Å². The second-order valence-corrected chi connectivity index (χ2v) is 3.94. The number of pyridine rings is 1. The summed E-state index contributed by atoms with van der Waals surface area (Å²) in [5.74, 6) is 0. The molecule has 2 rings (SSSR count). The van der Waals surface area contributed by atoms with Crippen LogP contribution in [0.3, 0.4) is 0 Å². The van der Waals surface area contributed by atoms with Crippen LogP contribution in [0.15, 0.2) is 28.7 Å². The summed E-state index contributed by atoms with van der Waals surface area (Å²) in [6.07, 6.45) is 0.